The molecule has 0 saturated heterocycles. The van der Waals surface area contributed by atoms with E-state index in [1.165, 1.54) is 19.2 Å². The van der Waals surface area contributed by atoms with Crippen LogP contribution in [0.5, 0.6) is 5.75 Å². The zero-order valence-electron chi connectivity index (χ0n) is 14.4. The molecule has 0 heterocycles. The van der Waals surface area contributed by atoms with Crippen LogP contribution in [0.2, 0.25) is 0 Å². The smallest absolute Gasteiger partial charge is 0.325 e. The maximum atomic E-state index is 13.6. The number of hydrogen-bond donors (Lipinski definition) is 1. The van der Waals surface area contributed by atoms with Crippen LogP contribution in [0.3, 0.4) is 0 Å². The van der Waals surface area contributed by atoms with Crippen molar-refractivity contribution >= 4 is 17.7 Å². The van der Waals surface area contributed by atoms with E-state index in [1.807, 2.05) is 13.0 Å². The van der Waals surface area contributed by atoms with Gasteiger partial charge >= 0.3 is 5.97 Å². The Morgan fingerprint density at radius 3 is 2.50 bits per heavy atom. The van der Waals surface area contributed by atoms with Crippen LogP contribution in [0.25, 0.3) is 0 Å². The maximum absolute atomic E-state index is 13.6. The number of carbonyl (C=O) groups is 3. The first-order chi connectivity index (χ1) is 12.4. The van der Waals surface area contributed by atoms with Gasteiger partial charge in [0.2, 0.25) is 0 Å². The summed E-state index contributed by atoms with van der Waals surface area (Å²) in [5.41, 5.74) is 1.39. The molecule has 136 valence electrons. The first-order valence-electron chi connectivity index (χ1n) is 7.78. The van der Waals surface area contributed by atoms with Gasteiger partial charge in [-0.3, -0.25) is 14.4 Å². The summed E-state index contributed by atoms with van der Waals surface area (Å²) in [5, 5.41) is 2.41. The van der Waals surface area contributed by atoms with Crippen LogP contribution in [0.4, 0.5) is 4.39 Å². The van der Waals surface area contributed by atoms with Gasteiger partial charge in [0, 0.05) is 11.1 Å². The Morgan fingerprint density at radius 2 is 1.85 bits per heavy atom. The molecule has 0 spiro atoms. The highest BCUT2D eigenvalue weighted by atomic mass is 19.1. The molecule has 0 aliphatic carbocycles. The van der Waals surface area contributed by atoms with Crippen molar-refractivity contribution in [1.29, 1.82) is 0 Å². The van der Waals surface area contributed by atoms with Crippen LogP contribution in [0.1, 0.15) is 26.3 Å². The molecule has 0 bridgehead atoms. The highest BCUT2D eigenvalue weighted by Crippen LogP contribution is 2.18. The maximum Gasteiger partial charge on any atom is 0.325 e. The summed E-state index contributed by atoms with van der Waals surface area (Å²) in [6.45, 7) is 0.917. The highest BCUT2D eigenvalue weighted by molar-refractivity contribution is 5.99. The monoisotopic (exact) mass is 359 g/mol. The van der Waals surface area contributed by atoms with Crippen LogP contribution in [0, 0.1) is 12.7 Å². The van der Waals surface area contributed by atoms with E-state index in [0.29, 0.717) is 5.56 Å². The minimum Gasteiger partial charge on any atom is -0.494 e. The number of benzene rings is 2. The molecule has 0 radical (unpaired) electrons. The summed E-state index contributed by atoms with van der Waals surface area (Å²) in [7, 11) is 1.31. The fraction of sp³-hybridized carbons (Fsp3) is 0.211. The number of rotatable bonds is 7. The molecular formula is C19H18FNO5. The number of aryl methyl sites for hydroxylation is 1. The lowest BCUT2D eigenvalue weighted by molar-refractivity contribution is -0.141. The fourth-order valence-corrected chi connectivity index (χ4v) is 2.16. The molecule has 2 aromatic rings. The largest absolute Gasteiger partial charge is 0.494 e. The Morgan fingerprint density at radius 1 is 1.08 bits per heavy atom. The summed E-state index contributed by atoms with van der Waals surface area (Å²) in [6, 6.07) is 10.6. The second-order valence-electron chi connectivity index (χ2n) is 5.49. The molecular weight excluding hydrogens is 341 g/mol. The molecule has 1 amide bonds. The lowest BCUT2D eigenvalue weighted by atomic mass is 10.1. The average molecular weight is 359 g/mol. The van der Waals surface area contributed by atoms with E-state index in [-0.39, 0.29) is 17.9 Å². The quantitative estimate of drug-likeness (QED) is 0.606. The van der Waals surface area contributed by atoms with Crippen LogP contribution in [-0.2, 0) is 9.53 Å². The number of halogens is 1. The predicted molar refractivity (Wildman–Crippen MR) is 91.8 cm³/mol. The Bertz CT molecular complexity index is 834. The molecule has 7 heteroatoms. The van der Waals surface area contributed by atoms with E-state index in [4.69, 9.17) is 9.47 Å². The molecule has 0 unspecified atom stereocenters. The molecule has 1 N–H and O–H groups in total. The fourth-order valence-electron chi connectivity index (χ4n) is 2.16. The van der Waals surface area contributed by atoms with Gasteiger partial charge in [-0.1, -0.05) is 17.7 Å². The minimum absolute atomic E-state index is 0.0115. The summed E-state index contributed by atoms with van der Waals surface area (Å²) in [6.07, 6.45) is 0. The normalized spacial score (nSPS) is 10.1. The Hall–Kier alpha value is -3.22. The van der Waals surface area contributed by atoms with Gasteiger partial charge in [0.25, 0.3) is 5.91 Å². The van der Waals surface area contributed by atoms with Gasteiger partial charge < -0.3 is 14.8 Å². The number of ketones is 1. The minimum atomic E-state index is -0.770. The molecule has 2 rings (SSSR count). The molecule has 6 nitrogen and oxygen atoms in total. The van der Waals surface area contributed by atoms with Gasteiger partial charge in [-0.25, -0.2) is 4.39 Å². The van der Waals surface area contributed by atoms with Gasteiger partial charge in [0.05, 0.1) is 7.11 Å². The molecule has 0 fully saturated rings. The molecule has 0 aliphatic heterocycles. The van der Waals surface area contributed by atoms with Crippen molar-refractivity contribution in [2.24, 2.45) is 0 Å². The van der Waals surface area contributed by atoms with E-state index < -0.39 is 30.1 Å². The molecule has 0 aromatic heterocycles. The van der Waals surface area contributed by atoms with E-state index in [0.717, 1.165) is 11.6 Å². The second kappa shape index (κ2) is 8.75. The average Bonchev–Trinajstić information content (AvgIpc) is 2.64. The van der Waals surface area contributed by atoms with Crippen LogP contribution < -0.4 is 10.1 Å². The number of carbonyl (C=O) groups excluding carboxylic acids is 3. The molecule has 0 atom stereocenters. The Kier molecular flexibility index (Phi) is 6.43. The van der Waals surface area contributed by atoms with Crippen LogP contribution in [-0.4, -0.2) is 37.9 Å². The Labute approximate surface area is 149 Å². The summed E-state index contributed by atoms with van der Waals surface area (Å²) < 4.78 is 23.1. The number of ether oxygens (including phenoxy) is 2. The number of hydrogen-bond acceptors (Lipinski definition) is 5. The summed E-state index contributed by atoms with van der Waals surface area (Å²) >= 11 is 0. The SMILES string of the molecule is COc1ccc(C(=O)COC(=O)CNC(=O)c2cccc(C)c2)cc1F. The van der Waals surface area contributed by atoms with Crippen LogP contribution in [0.15, 0.2) is 42.5 Å². The lowest BCUT2D eigenvalue weighted by Crippen LogP contribution is -2.31. The number of amides is 1. The van der Waals surface area contributed by atoms with E-state index in [9.17, 15) is 18.8 Å². The lowest BCUT2D eigenvalue weighted by Gasteiger charge is -2.07. The van der Waals surface area contributed by atoms with Gasteiger partial charge in [-0.05, 0) is 37.3 Å². The summed E-state index contributed by atoms with van der Waals surface area (Å²) in [5.74, 6) is -2.43. The first kappa shape index (κ1) is 19.1. The standard InChI is InChI=1S/C19H18FNO5/c1-12-4-3-5-14(8-12)19(24)21-10-18(23)26-11-16(22)13-6-7-17(25-2)15(20)9-13/h3-9H,10-11H2,1-2H3,(H,21,24). The molecule has 2 aromatic carbocycles. The van der Waals surface area contributed by atoms with Gasteiger partial charge in [0.1, 0.15) is 6.54 Å². The third kappa shape index (κ3) is 5.14. The van der Waals surface area contributed by atoms with E-state index in [1.54, 1.807) is 18.2 Å². The molecule has 26 heavy (non-hydrogen) atoms. The second-order valence-corrected chi connectivity index (χ2v) is 5.49. The summed E-state index contributed by atoms with van der Waals surface area (Å²) in [4.78, 5) is 35.5. The third-order valence-electron chi connectivity index (χ3n) is 3.51. The van der Waals surface area contributed by atoms with Gasteiger partial charge in [0.15, 0.2) is 24.0 Å². The van der Waals surface area contributed by atoms with Crippen LogP contribution >= 0.6 is 0 Å². The molecule has 0 saturated carbocycles. The van der Waals surface area contributed by atoms with Gasteiger partial charge in [-0.15, -0.1) is 0 Å². The highest BCUT2D eigenvalue weighted by Gasteiger charge is 2.14. The van der Waals surface area contributed by atoms with Crippen molar-refractivity contribution in [3.05, 3.63) is 65.0 Å². The number of methoxy groups -OCH3 is 1. The van der Waals surface area contributed by atoms with Crippen molar-refractivity contribution in [2.45, 2.75) is 6.92 Å². The zero-order chi connectivity index (χ0) is 19.1. The van der Waals surface area contributed by atoms with Crippen molar-refractivity contribution in [3.8, 4) is 5.75 Å². The van der Waals surface area contributed by atoms with Crippen molar-refractivity contribution < 1.29 is 28.2 Å². The van der Waals surface area contributed by atoms with Crippen molar-refractivity contribution in [1.82, 2.24) is 5.32 Å². The zero-order valence-corrected chi connectivity index (χ0v) is 14.4. The predicted octanol–water partition coefficient (Wildman–Crippen LogP) is 2.30. The van der Waals surface area contributed by atoms with E-state index in [2.05, 4.69) is 5.32 Å². The van der Waals surface area contributed by atoms with Gasteiger partial charge in [-0.2, -0.15) is 0 Å². The third-order valence-corrected chi connectivity index (χ3v) is 3.51. The topological polar surface area (TPSA) is 81.7 Å². The van der Waals surface area contributed by atoms with Crippen molar-refractivity contribution in [3.63, 3.8) is 0 Å². The molecule has 0 aliphatic rings. The number of esters is 1. The first-order valence-corrected chi connectivity index (χ1v) is 7.78. The number of nitrogens with one attached hydrogen (secondary N) is 1. The van der Waals surface area contributed by atoms with Crippen molar-refractivity contribution in [2.75, 3.05) is 20.3 Å². The van der Waals surface area contributed by atoms with E-state index >= 15 is 0 Å². The Balaban J connectivity index is 1.82. The number of Topliss-reactive ketones (excluding diaryl/α,β-unsaturated/α-hetero) is 1.